The number of anilines is 3. The maximum Gasteiger partial charge on any atom is 0.224 e. The van der Waals surface area contributed by atoms with E-state index >= 15 is 0 Å². The molecular formula is C26H30N8O. The molecule has 0 saturated carbocycles. The van der Waals surface area contributed by atoms with Crippen LogP contribution in [0.3, 0.4) is 0 Å². The molecule has 4 aromatic rings. The number of fused-ring (bicyclic) bond motifs is 1. The number of rotatable bonds is 6. The minimum Gasteiger partial charge on any atom is -0.382 e. The number of piperidine rings is 1. The van der Waals surface area contributed by atoms with E-state index in [-0.39, 0.29) is 23.8 Å². The zero-order valence-electron chi connectivity index (χ0n) is 19.7. The molecule has 0 spiro atoms. The van der Waals surface area contributed by atoms with Gasteiger partial charge in [0.25, 0.3) is 0 Å². The molecule has 5 rings (SSSR count). The Balaban J connectivity index is 1.31. The van der Waals surface area contributed by atoms with Crippen molar-refractivity contribution in [1.82, 2.24) is 25.5 Å². The van der Waals surface area contributed by atoms with Gasteiger partial charge in [0.2, 0.25) is 11.9 Å². The van der Waals surface area contributed by atoms with Crippen LogP contribution in [0, 0.1) is 5.92 Å². The number of H-pyrrole nitrogens is 1. The molecular weight excluding hydrogens is 440 g/mol. The molecule has 1 saturated heterocycles. The highest BCUT2D eigenvalue weighted by Crippen LogP contribution is 2.31. The Bertz CT molecular complexity index is 1340. The molecule has 2 aromatic heterocycles. The van der Waals surface area contributed by atoms with E-state index in [0.29, 0.717) is 24.6 Å². The van der Waals surface area contributed by atoms with E-state index in [2.05, 4.69) is 49.4 Å². The lowest BCUT2D eigenvalue weighted by molar-refractivity contribution is -0.125. The molecule has 0 aliphatic carbocycles. The number of nitrogens with two attached hydrogens (primary N) is 2. The van der Waals surface area contributed by atoms with Gasteiger partial charge in [-0.3, -0.25) is 9.89 Å². The van der Waals surface area contributed by atoms with Gasteiger partial charge in [-0.1, -0.05) is 36.4 Å². The fraction of sp³-hybridized carbons (Fsp3) is 0.308. The van der Waals surface area contributed by atoms with Gasteiger partial charge in [-0.05, 0) is 43.9 Å². The molecule has 35 heavy (non-hydrogen) atoms. The third-order valence-electron chi connectivity index (χ3n) is 6.72. The van der Waals surface area contributed by atoms with E-state index in [4.69, 9.17) is 11.5 Å². The van der Waals surface area contributed by atoms with Crippen LogP contribution in [0.25, 0.3) is 22.2 Å². The number of nitrogens with one attached hydrogen (secondary N) is 2. The molecule has 180 valence electrons. The second kappa shape index (κ2) is 9.61. The number of hydrogen-bond donors (Lipinski definition) is 4. The number of amides is 1. The van der Waals surface area contributed by atoms with Crippen LogP contribution >= 0.6 is 0 Å². The van der Waals surface area contributed by atoms with Crippen molar-refractivity contribution in [2.75, 3.05) is 29.5 Å². The molecule has 9 nitrogen and oxygen atoms in total. The fourth-order valence-corrected chi connectivity index (χ4v) is 4.71. The maximum absolute atomic E-state index is 12.9. The minimum absolute atomic E-state index is 0.0855. The Morgan fingerprint density at radius 1 is 1.11 bits per heavy atom. The van der Waals surface area contributed by atoms with Crippen molar-refractivity contribution in [2.24, 2.45) is 5.92 Å². The van der Waals surface area contributed by atoms with Gasteiger partial charge >= 0.3 is 0 Å². The summed E-state index contributed by atoms with van der Waals surface area (Å²) in [6.45, 7) is 3.37. The number of nitrogen functional groups attached to an aromatic ring is 2. The smallest absolute Gasteiger partial charge is 0.224 e. The average Bonchev–Trinajstić information content (AvgIpc) is 3.24. The summed E-state index contributed by atoms with van der Waals surface area (Å²) < 4.78 is 0. The number of aromatic amines is 1. The third-order valence-corrected chi connectivity index (χ3v) is 6.72. The van der Waals surface area contributed by atoms with Crippen LogP contribution < -0.4 is 21.7 Å². The summed E-state index contributed by atoms with van der Waals surface area (Å²) in [5, 5.41) is 11.0. The van der Waals surface area contributed by atoms with Crippen LogP contribution in [0.4, 0.5) is 17.6 Å². The minimum atomic E-state index is -0.106. The van der Waals surface area contributed by atoms with E-state index in [0.717, 1.165) is 41.5 Å². The van der Waals surface area contributed by atoms with Crippen molar-refractivity contribution in [3.8, 4) is 11.3 Å². The quantitative estimate of drug-likeness (QED) is 0.339. The van der Waals surface area contributed by atoms with E-state index in [1.54, 1.807) is 0 Å². The van der Waals surface area contributed by atoms with Gasteiger partial charge < -0.3 is 21.7 Å². The first-order valence-electron chi connectivity index (χ1n) is 11.9. The summed E-state index contributed by atoms with van der Waals surface area (Å²) >= 11 is 0. The van der Waals surface area contributed by atoms with Gasteiger partial charge in [-0.25, -0.2) is 4.98 Å². The zero-order chi connectivity index (χ0) is 24.4. The molecule has 0 radical (unpaired) electrons. The molecule has 1 aliphatic rings. The van der Waals surface area contributed by atoms with Gasteiger partial charge in [0.15, 0.2) is 5.82 Å². The van der Waals surface area contributed by atoms with Crippen molar-refractivity contribution in [2.45, 2.75) is 32.2 Å². The summed E-state index contributed by atoms with van der Waals surface area (Å²) in [6.07, 6.45) is 2.56. The molecule has 1 aliphatic heterocycles. The fourth-order valence-electron chi connectivity index (χ4n) is 4.71. The Kier molecular flexibility index (Phi) is 6.22. The van der Waals surface area contributed by atoms with Gasteiger partial charge in [0, 0.05) is 36.1 Å². The van der Waals surface area contributed by atoms with Crippen molar-refractivity contribution in [3.63, 3.8) is 0 Å². The summed E-state index contributed by atoms with van der Waals surface area (Å²) in [6, 6.07) is 18.2. The molecule has 2 aromatic carbocycles. The lowest BCUT2D eigenvalue weighted by atomic mass is 9.92. The monoisotopic (exact) mass is 470 g/mol. The van der Waals surface area contributed by atoms with Gasteiger partial charge in [0.05, 0.1) is 17.1 Å². The molecule has 6 N–H and O–H groups in total. The van der Waals surface area contributed by atoms with Crippen LogP contribution in [-0.4, -0.2) is 45.2 Å². The predicted molar refractivity (Wildman–Crippen MR) is 139 cm³/mol. The molecule has 2 unspecified atom stereocenters. The SMILES string of the molecule is CC1CCC(C(=O)NCCc2ccccc2)CN1c1cc(-c2ccc3c(N)n[nH]c3c2)nc(N)n1. The van der Waals surface area contributed by atoms with Crippen LogP contribution in [0.15, 0.2) is 54.6 Å². The van der Waals surface area contributed by atoms with Crippen LogP contribution in [-0.2, 0) is 11.2 Å². The van der Waals surface area contributed by atoms with E-state index in [1.165, 1.54) is 5.56 Å². The van der Waals surface area contributed by atoms with Gasteiger partial charge in [0.1, 0.15) is 5.82 Å². The molecule has 0 bridgehead atoms. The highest BCUT2D eigenvalue weighted by Gasteiger charge is 2.31. The molecule has 9 heteroatoms. The van der Waals surface area contributed by atoms with Crippen molar-refractivity contribution >= 4 is 34.4 Å². The number of aromatic nitrogens is 4. The zero-order valence-corrected chi connectivity index (χ0v) is 19.7. The predicted octanol–water partition coefficient (Wildman–Crippen LogP) is 3.15. The topological polar surface area (TPSA) is 139 Å². The lowest BCUT2D eigenvalue weighted by Crippen LogP contribution is -2.47. The summed E-state index contributed by atoms with van der Waals surface area (Å²) in [5.41, 5.74) is 15.7. The first-order chi connectivity index (χ1) is 17.0. The number of benzene rings is 2. The van der Waals surface area contributed by atoms with E-state index < -0.39 is 0 Å². The molecule has 1 fully saturated rings. The van der Waals surface area contributed by atoms with Crippen molar-refractivity contribution in [1.29, 1.82) is 0 Å². The summed E-state index contributed by atoms with van der Waals surface area (Å²) in [7, 11) is 0. The number of hydrogen-bond acceptors (Lipinski definition) is 7. The highest BCUT2D eigenvalue weighted by atomic mass is 16.1. The Labute approximate surface area is 203 Å². The number of nitrogens with zero attached hydrogens (tertiary/aromatic N) is 4. The van der Waals surface area contributed by atoms with Gasteiger partial charge in [-0.2, -0.15) is 10.1 Å². The van der Waals surface area contributed by atoms with Crippen LogP contribution in [0.5, 0.6) is 0 Å². The number of carbonyl (C=O) groups is 1. The summed E-state index contributed by atoms with van der Waals surface area (Å²) in [4.78, 5) is 24.1. The summed E-state index contributed by atoms with van der Waals surface area (Å²) in [5.74, 6) is 1.37. The van der Waals surface area contributed by atoms with E-state index in [9.17, 15) is 4.79 Å². The third kappa shape index (κ3) is 4.89. The Morgan fingerprint density at radius 3 is 2.77 bits per heavy atom. The van der Waals surface area contributed by atoms with Crippen LogP contribution in [0.1, 0.15) is 25.3 Å². The molecule has 2 atom stereocenters. The molecule has 3 heterocycles. The average molecular weight is 471 g/mol. The Morgan fingerprint density at radius 2 is 1.94 bits per heavy atom. The molecule has 1 amide bonds. The Hall–Kier alpha value is -4.14. The lowest BCUT2D eigenvalue weighted by Gasteiger charge is -2.38. The second-order valence-corrected chi connectivity index (χ2v) is 9.14. The standard InChI is InChI=1S/C26H30N8O/c1-16-7-8-19(25(35)29-12-11-17-5-3-2-4-6-17)15-34(16)23-14-21(30-26(28)31-23)18-9-10-20-22(13-18)32-33-24(20)27/h2-6,9-10,13-14,16,19H,7-8,11-12,15H2,1H3,(H,29,35)(H3,27,32,33)(H2,28,30,31). The first kappa shape index (κ1) is 22.6. The first-order valence-corrected chi connectivity index (χ1v) is 11.9. The van der Waals surface area contributed by atoms with Crippen LogP contribution in [0.2, 0.25) is 0 Å². The highest BCUT2D eigenvalue weighted by molar-refractivity contribution is 5.91. The van der Waals surface area contributed by atoms with E-state index in [1.807, 2.05) is 42.5 Å². The normalized spacial score (nSPS) is 18.0. The van der Waals surface area contributed by atoms with Crippen molar-refractivity contribution < 1.29 is 4.79 Å². The maximum atomic E-state index is 12.9. The largest absolute Gasteiger partial charge is 0.382 e. The van der Waals surface area contributed by atoms with Gasteiger partial charge in [-0.15, -0.1) is 0 Å². The van der Waals surface area contributed by atoms with Crippen molar-refractivity contribution in [3.05, 3.63) is 60.2 Å². The number of carbonyl (C=O) groups excluding carboxylic acids is 1. The second-order valence-electron chi connectivity index (χ2n) is 9.14.